The predicted molar refractivity (Wildman–Crippen MR) is 76.9 cm³/mol. The summed E-state index contributed by atoms with van der Waals surface area (Å²) in [5, 5.41) is 7.52. The molecule has 2 aromatic rings. The van der Waals surface area contributed by atoms with Crippen molar-refractivity contribution in [3.63, 3.8) is 0 Å². The van der Waals surface area contributed by atoms with E-state index < -0.39 is 0 Å². The van der Waals surface area contributed by atoms with E-state index in [2.05, 4.69) is 38.3 Å². The molecule has 1 saturated heterocycles. The van der Waals surface area contributed by atoms with Crippen LogP contribution in [0.4, 0.5) is 0 Å². The number of hydrogen-bond acceptors (Lipinski definition) is 4. The van der Waals surface area contributed by atoms with E-state index in [1.165, 1.54) is 0 Å². The van der Waals surface area contributed by atoms with Crippen LogP contribution in [0, 0.1) is 0 Å². The molecule has 0 aliphatic carbocycles. The van der Waals surface area contributed by atoms with Crippen molar-refractivity contribution in [1.29, 1.82) is 0 Å². The fraction of sp³-hybridized carbons (Fsp3) is 0.429. The van der Waals surface area contributed by atoms with Gasteiger partial charge < -0.3 is 9.84 Å². The molecule has 1 aliphatic rings. The molecule has 0 bridgehead atoms. The molecule has 1 aliphatic heterocycles. The van der Waals surface area contributed by atoms with Gasteiger partial charge in [0.1, 0.15) is 0 Å². The zero-order chi connectivity index (χ0) is 13.3. The molecular weight excluding hydrogens is 306 g/mol. The Bertz CT molecular complexity index is 576. The molecule has 2 heterocycles. The van der Waals surface area contributed by atoms with Crippen molar-refractivity contribution in [2.45, 2.75) is 25.2 Å². The Morgan fingerprint density at radius 2 is 2.21 bits per heavy atom. The van der Waals surface area contributed by atoms with Gasteiger partial charge in [-0.1, -0.05) is 33.2 Å². The Morgan fingerprint density at radius 1 is 1.37 bits per heavy atom. The van der Waals surface area contributed by atoms with Crippen LogP contribution in [0.3, 0.4) is 0 Å². The fourth-order valence-corrected chi connectivity index (χ4v) is 2.92. The van der Waals surface area contributed by atoms with Gasteiger partial charge >= 0.3 is 0 Å². The number of rotatable bonds is 2. The molecule has 1 aromatic carbocycles. The number of nitrogens with zero attached hydrogens (tertiary/aromatic N) is 2. The van der Waals surface area contributed by atoms with Gasteiger partial charge in [0.25, 0.3) is 0 Å². The van der Waals surface area contributed by atoms with E-state index in [4.69, 9.17) is 4.52 Å². The quantitative estimate of drug-likeness (QED) is 0.923. The zero-order valence-electron chi connectivity index (χ0n) is 10.8. The highest BCUT2D eigenvalue weighted by Gasteiger charge is 2.34. The second-order valence-electron chi connectivity index (χ2n) is 5.24. The number of nitrogens with one attached hydrogen (secondary N) is 1. The number of hydrogen-bond donors (Lipinski definition) is 1. The van der Waals surface area contributed by atoms with E-state index in [1.807, 2.05) is 24.3 Å². The summed E-state index contributed by atoms with van der Waals surface area (Å²) in [6, 6.07) is 7.91. The zero-order valence-corrected chi connectivity index (χ0v) is 12.4. The standard InChI is InChI=1S/C14H16BrN3O/c1-14(7-4-8-16-9-14)13-17-12(18-19-13)10-5-2-3-6-11(10)15/h2-3,5-6,16H,4,7-9H2,1H3. The predicted octanol–water partition coefficient (Wildman–Crippen LogP) is 3.14. The van der Waals surface area contributed by atoms with Gasteiger partial charge in [0, 0.05) is 16.6 Å². The second-order valence-corrected chi connectivity index (χ2v) is 6.10. The molecule has 1 N–H and O–H groups in total. The Balaban J connectivity index is 1.93. The monoisotopic (exact) mass is 321 g/mol. The first-order chi connectivity index (χ1) is 9.19. The third-order valence-corrected chi connectivity index (χ3v) is 4.35. The molecule has 3 rings (SSSR count). The molecule has 0 amide bonds. The summed E-state index contributed by atoms with van der Waals surface area (Å²) < 4.78 is 6.48. The molecule has 1 unspecified atom stereocenters. The third kappa shape index (κ3) is 2.44. The Hall–Kier alpha value is -1.20. The van der Waals surface area contributed by atoms with Crippen molar-refractivity contribution >= 4 is 15.9 Å². The van der Waals surface area contributed by atoms with E-state index >= 15 is 0 Å². The minimum atomic E-state index is -0.0508. The van der Waals surface area contributed by atoms with E-state index in [-0.39, 0.29) is 5.41 Å². The first-order valence-corrected chi connectivity index (χ1v) is 7.28. The van der Waals surface area contributed by atoms with Gasteiger partial charge in [-0.2, -0.15) is 4.98 Å². The van der Waals surface area contributed by atoms with Crippen LogP contribution in [-0.4, -0.2) is 23.2 Å². The summed E-state index contributed by atoms with van der Waals surface area (Å²) in [4.78, 5) is 4.59. The maximum absolute atomic E-state index is 5.49. The van der Waals surface area contributed by atoms with Crippen LogP contribution in [0.2, 0.25) is 0 Å². The van der Waals surface area contributed by atoms with E-state index in [0.29, 0.717) is 5.82 Å². The van der Waals surface area contributed by atoms with Crippen LogP contribution in [0.1, 0.15) is 25.7 Å². The highest BCUT2D eigenvalue weighted by Crippen LogP contribution is 2.32. The van der Waals surface area contributed by atoms with Crippen LogP contribution in [0.25, 0.3) is 11.4 Å². The van der Waals surface area contributed by atoms with Gasteiger partial charge in [0.2, 0.25) is 11.7 Å². The Kier molecular flexibility index (Phi) is 3.41. The van der Waals surface area contributed by atoms with Crippen molar-refractivity contribution in [1.82, 2.24) is 15.5 Å². The van der Waals surface area contributed by atoms with Crippen LogP contribution >= 0.6 is 15.9 Å². The number of piperidine rings is 1. The summed E-state index contributed by atoms with van der Waals surface area (Å²) in [6.07, 6.45) is 2.22. The SMILES string of the molecule is CC1(c2nc(-c3ccccc3Br)no2)CCCNC1. The van der Waals surface area contributed by atoms with Crippen LogP contribution in [0.5, 0.6) is 0 Å². The molecule has 0 spiro atoms. The van der Waals surface area contributed by atoms with Crippen LogP contribution in [-0.2, 0) is 5.41 Å². The van der Waals surface area contributed by atoms with Crippen molar-refractivity contribution in [3.8, 4) is 11.4 Å². The lowest BCUT2D eigenvalue weighted by atomic mass is 9.83. The van der Waals surface area contributed by atoms with Gasteiger partial charge in [-0.25, -0.2) is 0 Å². The summed E-state index contributed by atoms with van der Waals surface area (Å²) in [5.74, 6) is 1.37. The number of halogens is 1. The molecule has 5 heteroatoms. The molecule has 1 aromatic heterocycles. The summed E-state index contributed by atoms with van der Waals surface area (Å²) in [5.41, 5.74) is 0.912. The molecule has 1 fully saturated rings. The van der Waals surface area contributed by atoms with Gasteiger partial charge in [0.05, 0.1) is 5.41 Å². The van der Waals surface area contributed by atoms with Crippen molar-refractivity contribution in [2.75, 3.05) is 13.1 Å². The average molecular weight is 322 g/mol. The van der Waals surface area contributed by atoms with Crippen molar-refractivity contribution in [2.24, 2.45) is 0 Å². The molecule has 0 saturated carbocycles. The Morgan fingerprint density at radius 3 is 2.95 bits per heavy atom. The molecule has 1 atom stereocenters. The minimum Gasteiger partial charge on any atom is -0.338 e. The molecular formula is C14H16BrN3O. The normalized spacial score (nSPS) is 23.5. The van der Waals surface area contributed by atoms with E-state index in [0.717, 1.165) is 41.9 Å². The average Bonchev–Trinajstić information content (AvgIpc) is 2.90. The van der Waals surface area contributed by atoms with Crippen LogP contribution < -0.4 is 5.32 Å². The summed E-state index contributed by atoms with van der Waals surface area (Å²) in [6.45, 7) is 4.14. The molecule has 19 heavy (non-hydrogen) atoms. The summed E-state index contributed by atoms with van der Waals surface area (Å²) >= 11 is 3.52. The number of benzene rings is 1. The minimum absolute atomic E-state index is 0.0508. The van der Waals surface area contributed by atoms with Gasteiger partial charge in [0.15, 0.2) is 0 Å². The van der Waals surface area contributed by atoms with Gasteiger partial charge in [-0.05, 0) is 38.4 Å². The van der Waals surface area contributed by atoms with E-state index in [1.54, 1.807) is 0 Å². The van der Waals surface area contributed by atoms with Crippen LogP contribution in [0.15, 0.2) is 33.3 Å². The maximum atomic E-state index is 5.49. The smallest absolute Gasteiger partial charge is 0.234 e. The second kappa shape index (κ2) is 5.06. The first kappa shape index (κ1) is 12.8. The van der Waals surface area contributed by atoms with Gasteiger partial charge in [-0.3, -0.25) is 0 Å². The maximum Gasteiger partial charge on any atom is 0.234 e. The first-order valence-electron chi connectivity index (χ1n) is 6.49. The van der Waals surface area contributed by atoms with Crippen molar-refractivity contribution < 1.29 is 4.52 Å². The van der Waals surface area contributed by atoms with Crippen molar-refractivity contribution in [3.05, 3.63) is 34.6 Å². The van der Waals surface area contributed by atoms with E-state index in [9.17, 15) is 0 Å². The number of aromatic nitrogens is 2. The lowest BCUT2D eigenvalue weighted by Gasteiger charge is -2.30. The van der Waals surface area contributed by atoms with Gasteiger partial charge in [-0.15, -0.1) is 0 Å². The molecule has 4 nitrogen and oxygen atoms in total. The lowest BCUT2D eigenvalue weighted by molar-refractivity contribution is 0.245. The Labute approximate surface area is 120 Å². The highest BCUT2D eigenvalue weighted by atomic mass is 79.9. The third-order valence-electron chi connectivity index (χ3n) is 3.65. The largest absolute Gasteiger partial charge is 0.338 e. The molecule has 100 valence electrons. The highest BCUT2D eigenvalue weighted by molar-refractivity contribution is 9.10. The lowest BCUT2D eigenvalue weighted by Crippen LogP contribution is -2.41. The fourth-order valence-electron chi connectivity index (χ4n) is 2.46. The summed E-state index contributed by atoms with van der Waals surface area (Å²) in [7, 11) is 0. The topological polar surface area (TPSA) is 51.0 Å². The molecule has 0 radical (unpaired) electrons.